The van der Waals surface area contributed by atoms with Gasteiger partial charge in [0.15, 0.2) is 6.61 Å². The fourth-order valence-electron chi connectivity index (χ4n) is 2.33. The molecule has 23 heavy (non-hydrogen) atoms. The zero-order chi connectivity index (χ0) is 16.1. The highest BCUT2D eigenvalue weighted by Crippen LogP contribution is 2.16. The Kier molecular flexibility index (Phi) is 4.52. The molecule has 0 saturated carbocycles. The smallest absolute Gasteiger partial charge is 0.258 e. The van der Waals surface area contributed by atoms with Crippen LogP contribution in [0.15, 0.2) is 60.8 Å². The van der Waals surface area contributed by atoms with Crippen molar-refractivity contribution >= 4 is 16.8 Å². The van der Waals surface area contributed by atoms with Gasteiger partial charge >= 0.3 is 0 Å². The van der Waals surface area contributed by atoms with Gasteiger partial charge in [0.25, 0.3) is 5.91 Å². The number of carbonyl (C=O) groups excluding carboxylic acids is 1. The van der Waals surface area contributed by atoms with Crippen molar-refractivity contribution in [1.82, 2.24) is 10.3 Å². The number of aryl methyl sites for hydroxylation is 1. The zero-order valence-electron chi connectivity index (χ0n) is 13.0. The minimum atomic E-state index is -0.151. The van der Waals surface area contributed by atoms with Gasteiger partial charge in [-0.2, -0.15) is 0 Å². The van der Waals surface area contributed by atoms with Crippen molar-refractivity contribution in [2.75, 3.05) is 6.61 Å². The minimum absolute atomic E-state index is 0.00582. The predicted molar refractivity (Wildman–Crippen MR) is 90.3 cm³/mol. The van der Waals surface area contributed by atoms with E-state index in [9.17, 15) is 4.79 Å². The molecule has 0 bridgehead atoms. The number of hydrogen-bond acceptors (Lipinski definition) is 3. The number of rotatable bonds is 5. The van der Waals surface area contributed by atoms with E-state index in [2.05, 4.69) is 10.3 Å². The third-order valence-corrected chi connectivity index (χ3v) is 3.59. The first-order valence-electron chi connectivity index (χ1n) is 7.51. The second-order valence-electron chi connectivity index (χ2n) is 5.37. The van der Waals surface area contributed by atoms with E-state index in [-0.39, 0.29) is 12.5 Å². The van der Waals surface area contributed by atoms with E-state index in [4.69, 9.17) is 4.74 Å². The van der Waals surface area contributed by atoms with E-state index < -0.39 is 0 Å². The highest BCUT2D eigenvalue weighted by molar-refractivity contribution is 5.79. The summed E-state index contributed by atoms with van der Waals surface area (Å²) in [7, 11) is 0. The molecule has 0 aliphatic rings. The summed E-state index contributed by atoms with van der Waals surface area (Å²) < 4.78 is 5.53. The molecule has 4 nitrogen and oxygen atoms in total. The van der Waals surface area contributed by atoms with Crippen LogP contribution >= 0.6 is 0 Å². The van der Waals surface area contributed by atoms with E-state index >= 15 is 0 Å². The van der Waals surface area contributed by atoms with Gasteiger partial charge in [0, 0.05) is 18.1 Å². The number of carbonyl (C=O) groups is 1. The fourth-order valence-corrected chi connectivity index (χ4v) is 2.33. The molecule has 1 heterocycles. The molecular weight excluding hydrogens is 288 g/mol. The highest BCUT2D eigenvalue weighted by atomic mass is 16.5. The maximum atomic E-state index is 11.9. The number of nitrogens with zero attached hydrogens (tertiary/aromatic N) is 1. The summed E-state index contributed by atoms with van der Waals surface area (Å²) in [6.07, 6.45) is 1.78. The van der Waals surface area contributed by atoms with Gasteiger partial charge < -0.3 is 10.1 Å². The first-order valence-corrected chi connectivity index (χ1v) is 7.51. The molecule has 0 unspecified atom stereocenters. The normalized spacial score (nSPS) is 10.5. The third-order valence-electron chi connectivity index (χ3n) is 3.59. The molecule has 1 amide bonds. The lowest BCUT2D eigenvalue weighted by Crippen LogP contribution is -2.28. The van der Waals surface area contributed by atoms with Crippen LogP contribution in [0.3, 0.4) is 0 Å². The van der Waals surface area contributed by atoms with Crippen LogP contribution in [0.25, 0.3) is 10.9 Å². The van der Waals surface area contributed by atoms with Crippen LogP contribution in [-0.2, 0) is 11.3 Å². The Morgan fingerprint density at radius 1 is 1.13 bits per heavy atom. The van der Waals surface area contributed by atoms with Gasteiger partial charge in [-0.25, -0.2) is 0 Å². The van der Waals surface area contributed by atoms with Gasteiger partial charge in [-0.05, 0) is 36.2 Å². The van der Waals surface area contributed by atoms with E-state index in [1.807, 2.05) is 61.5 Å². The van der Waals surface area contributed by atoms with Gasteiger partial charge in [-0.1, -0.05) is 36.4 Å². The standard InChI is InChI=1S/C19H18N2O2/c1-14-6-2-5-9-18(14)23-13-19(22)21-12-15-10-16-7-3-4-8-17(16)20-11-15/h2-11H,12-13H2,1H3,(H,21,22). The molecule has 1 aromatic heterocycles. The topological polar surface area (TPSA) is 51.2 Å². The van der Waals surface area contributed by atoms with E-state index in [0.29, 0.717) is 6.54 Å². The second kappa shape index (κ2) is 6.92. The molecule has 116 valence electrons. The quantitative estimate of drug-likeness (QED) is 0.787. The number of hydrogen-bond donors (Lipinski definition) is 1. The van der Waals surface area contributed by atoms with Crippen molar-refractivity contribution in [2.45, 2.75) is 13.5 Å². The fraction of sp³-hybridized carbons (Fsp3) is 0.158. The van der Waals surface area contributed by atoms with Crippen molar-refractivity contribution in [2.24, 2.45) is 0 Å². The Morgan fingerprint density at radius 2 is 1.91 bits per heavy atom. The SMILES string of the molecule is Cc1ccccc1OCC(=O)NCc1cnc2ccccc2c1. The van der Waals surface area contributed by atoms with Crippen LogP contribution in [-0.4, -0.2) is 17.5 Å². The lowest BCUT2D eigenvalue weighted by molar-refractivity contribution is -0.123. The number of para-hydroxylation sites is 2. The molecule has 4 heteroatoms. The monoisotopic (exact) mass is 306 g/mol. The Hall–Kier alpha value is -2.88. The van der Waals surface area contributed by atoms with Crippen molar-refractivity contribution in [3.63, 3.8) is 0 Å². The number of aromatic nitrogens is 1. The maximum absolute atomic E-state index is 11.9. The zero-order valence-corrected chi connectivity index (χ0v) is 13.0. The number of pyridine rings is 1. The van der Waals surface area contributed by atoms with E-state index in [1.54, 1.807) is 6.20 Å². The molecule has 0 aliphatic heterocycles. The average Bonchev–Trinajstić information content (AvgIpc) is 2.59. The third kappa shape index (κ3) is 3.86. The van der Waals surface area contributed by atoms with E-state index in [1.165, 1.54) is 0 Å². The number of benzene rings is 2. The highest BCUT2D eigenvalue weighted by Gasteiger charge is 2.05. The molecule has 3 rings (SSSR count). The molecule has 2 aromatic carbocycles. The Morgan fingerprint density at radius 3 is 2.78 bits per heavy atom. The Balaban J connectivity index is 1.54. The first-order chi connectivity index (χ1) is 11.2. The van der Waals surface area contributed by atoms with Gasteiger partial charge in [-0.15, -0.1) is 0 Å². The molecule has 0 aliphatic carbocycles. The van der Waals surface area contributed by atoms with Gasteiger partial charge in [0.2, 0.25) is 0 Å². The van der Waals surface area contributed by atoms with Crippen LogP contribution in [0, 0.1) is 6.92 Å². The van der Waals surface area contributed by atoms with Crippen LogP contribution in [0.4, 0.5) is 0 Å². The predicted octanol–water partition coefficient (Wildman–Crippen LogP) is 3.24. The summed E-state index contributed by atoms with van der Waals surface area (Å²) in [5.41, 5.74) is 2.93. The number of amides is 1. The Bertz CT molecular complexity index is 830. The van der Waals surface area contributed by atoms with Crippen LogP contribution in [0.1, 0.15) is 11.1 Å². The summed E-state index contributed by atoms with van der Waals surface area (Å²) in [5, 5.41) is 3.91. The lowest BCUT2D eigenvalue weighted by Gasteiger charge is -2.09. The molecule has 1 N–H and O–H groups in total. The Labute approximate surface area is 135 Å². The summed E-state index contributed by atoms with van der Waals surface area (Å²) >= 11 is 0. The van der Waals surface area contributed by atoms with Gasteiger partial charge in [-0.3, -0.25) is 9.78 Å². The molecule has 3 aromatic rings. The molecule has 0 saturated heterocycles. The van der Waals surface area contributed by atoms with E-state index in [0.717, 1.165) is 27.8 Å². The van der Waals surface area contributed by atoms with Gasteiger partial charge in [0.05, 0.1) is 5.52 Å². The van der Waals surface area contributed by atoms with Crippen molar-refractivity contribution in [3.05, 3.63) is 71.9 Å². The maximum Gasteiger partial charge on any atom is 0.258 e. The minimum Gasteiger partial charge on any atom is -0.484 e. The lowest BCUT2D eigenvalue weighted by atomic mass is 10.1. The largest absolute Gasteiger partial charge is 0.484 e. The number of nitrogens with one attached hydrogen (secondary N) is 1. The van der Waals surface area contributed by atoms with Crippen molar-refractivity contribution in [3.8, 4) is 5.75 Å². The second-order valence-corrected chi connectivity index (χ2v) is 5.37. The van der Waals surface area contributed by atoms with Crippen LogP contribution < -0.4 is 10.1 Å². The molecular formula is C19H18N2O2. The molecule has 0 atom stereocenters. The van der Waals surface area contributed by atoms with Crippen molar-refractivity contribution in [1.29, 1.82) is 0 Å². The number of ether oxygens (including phenoxy) is 1. The van der Waals surface area contributed by atoms with Crippen LogP contribution in [0.5, 0.6) is 5.75 Å². The summed E-state index contributed by atoms with van der Waals surface area (Å²) in [5.74, 6) is 0.580. The summed E-state index contributed by atoms with van der Waals surface area (Å²) in [4.78, 5) is 16.3. The van der Waals surface area contributed by atoms with Crippen LogP contribution in [0.2, 0.25) is 0 Å². The molecule has 0 radical (unpaired) electrons. The average molecular weight is 306 g/mol. The first kappa shape index (κ1) is 15.0. The van der Waals surface area contributed by atoms with Gasteiger partial charge in [0.1, 0.15) is 5.75 Å². The number of fused-ring (bicyclic) bond motifs is 1. The summed E-state index contributed by atoms with van der Waals surface area (Å²) in [6, 6.07) is 17.6. The molecule has 0 fully saturated rings. The van der Waals surface area contributed by atoms with Crippen molar-refractivity contribution < 1.29 is 9.53 Å². The molecule has 0 spiro atoms. The summed E-state index contributed by atoms with van der Waals surface area (Å²) in [6.45, 7) is 2.40.